The minimum Gasteiger partial charge on any atom is -0.490 e. The Morgan fingerprint density at radius 2 is 1.74 bits per heavy atom. The summed E-state index contributed by atoms with van der Waals surface area (Å²) in [6.07, 6.45) is 5.23. The number of anilines is 1. The van der Waals surface area contributed by atoms with Crippen LogP contribution in [0.25, 0.3) is 11.1 Å². The maximum Gasteiger partial charge on any atom is 0.346 e. The average Bonchev–Trinajstić information content (AvgIpc) is 3.42. The van der Waals surface area contributed by atoms with Gasteiger partial charge in [0.15, 0.2) is 0 Å². The van der Waals surface area contributed by atoms with E-state index >= 15 is 0 Å². The van der Waals surface area contributed by atoms with Gasteiger partial charge >= 0.3 is 5.97 Å². The summed E-state index contributed by atoms with van der Waals surface area (Å²) in [7, 11) is 0. The number of aromatic carboxylic acids is 1. The van der Waals surface area contributed by atoms with Gasteiger partial charge in [-0.3, -0.25) is 4.79 Å². The van der Waals surface area contributed by atoms with Crippen molar-refractivity contribution in [3.8, 4) is 16.9 Å². The minimum atomic E-state index is -0.980. The van der Waals surface area contributed by atoms with Crippen LogP contribution < -0.4 is 10.1 Å². The molecule has 1 aromatic heterocycles. The lowest BCUT2D eigenvalue weighted by atomic mass is 9.88. The van der Waals surface area contributed by atoms with Crippen molar-refractivity contribution >= 4 is 28.9 Å². The summed E-state index contributed by atoms with van der Waals surface area (Å²) in [5.41, 5.74) is 3.00. The summed E-state index contributed by atoms with van der Waals surface area (Å²) in [5, 5.41) is 12.8. The quantitative estimate of drug-likeness (QED) is 0.525. The van der Waals surface area contributed by atoms with Crippen molar-refractivity contribution in [1.82, 2.24) is 0 Å². The maximum absolute atomic E-state index is 12.6. The van der Waals surface area contributed by atoms with Crippen molar-refractivity contribution in [1.29, 1.82) is 0 Å². The molecule has 0 unspecified atom stereocenters. The Balaban J connectivity index is 1.52. The van der Waals surface area contributed by atoms with Gasteiger partial charge in [0.05, 0.1) is 11.8 Å². The van der Waals surface area contributed by atoms with E-state index in [1.165, 1.54) is 24.2 Å². The summed E-state index contributed by atoms with van der Waals surface area (Å²) in [5.74, 6) is -0.411. The lowest BCUT2D eigenvalue weighted by Crippen LogP contribution is -2.22. The number of benzene rings is 2. The van der Waals surface area contributed by atoms with Gasteiger partial charge in [0.2, 0.25) is 5.91 Å². The number of carboxylic acids is 1. The molecule has 158 valence electrons. The van der Waals surface area contributed by atoms with Gasteiger partial charge < -0.3 is 15.2 Å². The first-order valence-corrected chi connectivity index (χ1v) is 11.4. The van der Waals surface area contributed by atoms with Gasteiger partial charge in [-0.05, 0) is 48.9 Å². The highest BCUT2D eigenvalue weighted by molar-refractivity contribution is 7.15. The van der Waals surface area contributed by atoms with Crippen LogP contribution in [0, 0.1) is 0 Å². The smallest absolute Gasteiger partial charge is 0.346 e. The molecule has 1 saturated carbocycles. The number of carbonyl (C=O) groups excluding carboxylic acids is 1. The lowest BCUT2D eigenvalue weighted by molar-refractivity contribution is -0.116. The molecule has 2 heterocycles. The highest BCUT2D eigenvalue weighted by atomic mass is 32.1. The first-order valence-electron chi connectivity index (χ1n) is 10.6. The van der Waals surface area contributed by atoms with E-state index in [0.717, 1.165) is 34.6 Å². The fourth-order valence-corrected chi connectivity index (χ4v) is 5.81. The molecule has 1 fully saturated rings. The molecule has 6 heteroatoms. The van der Waals surface area contributed by atoms with Gasteiger partial charge in [-0.2, -0.15) is 0 Å². The zero-order valence-corrected chi connectivity index (χ0v) is 17.8. The number of carbonyl (C=O) groups is 2. The summed E-state index contributed by atoms with van der Waals surface area (Å²) < 4.78 is 6.07. The maximum atomic E-state index is 12.6. The van der Waals surface area contributed by atoms with Crippen LogP contribution in [-0.2, 0) is 4.79 Å². The Morgan fingerprint density at radius 1 is 1.03 bits per heavy atom. The Morgan fingerprint density at radius 3 is 2.42 bits per heavy atom. The molecule has 1 aliphatic carbocycles. The number of rotatable bonds is 5. The number of hydrogen-bond acceptors (Lipinski definition) is 4. The fourth-order valence-electron chi connectivity index (χ4n) is 4.56. The molecular formula is C25H23NO4S. The van der Waals surface area contributed by atoms with Crippen LogP contribution in [0.3, 0.4) is 0 Å². The number of hydrogen-bond donors (Lipinski definition) is 2. The van der Waals surface area contributed by atoms with Gasteiger partial charge in [-0.25, -0.2) is 4.79 Å². The molecule has 0 bridgehead atoms. The van der Waals surface area contributed by atoms with Crippen molar-refractivity contribution in [2.45, 2.75) is 44.1 Å². The van der Waals surface area contributed by atoms with Gasteiger partial charge in [-0.1, -0.05) is 42.5 Å². The molecular weight excluding hydrogens is 410 g/mol. The summed E-state index contributed by atoms with van der Waals surface area (Å²) in [6.45, 7) is 0. The number of amides is 1. The first-order chi connectivity index (χ1) is 15.1. The van der Waals surface area contributed by atoms with Crippen molar-refractivity contribution < 1.29 is 19.4 Å². The second-order valence-corrected chi connectivity index (χ2v) is 9.17. The molecule has 5 rings (SSSR count). The van der Waals surface area contributed by atoms with Gasteiger partial charge in [0.1, 0.15) is 10.6 Å². The van der Waals surface area contributed by atoms with Crippen LogP contribution in [0.2, 0.25) is 0 Å². The van der Waals surface area contributed by atoms with Gasteiger partial charge in [-0.15, -0.1) is 11.3 Å². The van der Waals surface area contributed by atoms with Crippen molar-refractivity contribution in [2.24, 2.45) is 0 Å². The number of fused-ring (bicyclic) bond motifs is 1. The Labute approximate surface area is 184 Å². The monoisotopic (exact) mass is 433 g/mol. The predicted octanol–water partition coefficient (Wildman–Crippen LogP) is 5.91. The molecule has 0 spiro atoms. The molecule has 2 aromatic carbocycles. The number of nitrogens with one attached hydrogen (secondary N) is 1. The van der Waals surface area contributed by atoms with Crippen LogP contribution >= 0.6 is 11.3 Å². The van der Waals surface area contributed by atoms with Crippen molar-refractivity contribution in [3.63, 3.8) is 0 Å². The zero-order chi connectivity index (χ0) is 21.4. The van der Waals surface area contributed by atoms with Crippen LogP contribution in [0.15, 0.2) is 54.6 Å². The van der Waals surface area contributed by atoms with E-state index in [2.05, 4.69) is 5.32 Å². The van der Waals surface area contributed by atoms with E-state index in [0.29, 0.717) is 23.8 Å². The molecule has 0 radical (unpaired) electrons. The second kappa shape index (κ2) is 8.19. The fraction of sp³-hybridized carbons (Fsp3) is 0.280. The topological polar surface area (TPSA) is 75.6 Å². The third kappa shape index (κ3) is 3.83. The predicted molar refractivity (Wildman–Crippen MR) is 121 cm³/mol. The second-order valence-electron chi connectivity index (χ2n) is 8.11. The van der Waals surface area contributed by atoms with Crippen LogP contribution in [0.1, 0.15) is 58.1 Å². The molecule has 1 amide bonds. The number of carboxylic acid groups (broad SMARTS) is 1. The zero-order valence-electron chi connectivity index (χ0n) is 17.0. The molecule has 2 aliphatic rings. The number of ether oxygens (including phenoxy) is 1. The van der Waals surface area contributed by atoms with E-state index in [-0.39, 0.29) is 16.7 Å². The van der Waals surface area contributed by atoms with E-state index in [9.17, 15) is 14.7 Å². The Hall–Kier alpha value is -3.12. The highest BCUT2D eigenvalue weighted by Crippen LogP contribution is 2.49. The molecule has 2 N–H and O–H groups in total. The molecule has 5 nitrogen and oxygen atoms in total. The third-order valence-electron chi connectivity index (χ3n) is 6.05. The van der Waals surface area contributed by atoms with Crippen LogP contribution in [0.4, 0.5) is 5.69 Å². The largest absolute Gasteiger partial charge is 0.490 e. The summed E-state index contributed by atoms with van der Waals surface area (Å²) >= 11 is 1.25. The highest BCUT2D eigenvalue weighted by Gasteiger charge is 2.34. The van der Waals surface area contributed by atoms with Gasteiger partial charge in [0.25, 0.3) is 0 Å². The first kappa shape index (κ1) is 19.8. The SMILES string of the molecule is O=C1C[C@@H](c2ccc(OC3CCCC3)cc2)c2sc(C(=O)O)c(-c3ccccc3)c2N1. The van der Waals surface area contributed by atoms with Gasteiger partial charge in [0, 0.05) is 22.8 Å². The average molecular weight is 434 g/mol. The van der Waals surface area contributed by atoms with E-state index in [1.54, 1.807) is 0 Å². The summed E-state index contributed by atoms with van der Waals surface area (Å²) in [6, 6.07) is 17.3. The molecule has 31 heavy (non-hydrogen) atoms. The molecule has 3 aromatic rings. The minimum absolute atomic E-state index is 0.101. The molecule has 0 saturated heterocycles. The van der Waals surface area contributed by atoms with E-state index in [1.807, 2.05) is 54.6 Å². The Bertz CT molecular complexity index is 1110. The van der Waals surface area contributed by atoms with Crippen LogP contribution in [-0.4, -0.2) is 23.1 Å². The lowest BCUT2D eigenvalue weighted by Gasteiger charge is -2.24. The molecule has 1 aliphatic heterocycles. The molecule has 1 atom stereocenters. The summed E-state index contributed by atoms with van der Waals surface area (Å²) in [4.78, 5) is 25.8. The van der Waals surface area contributed by atoms with E-state index < -0.39 is 5.97 Å². The third-order valence-corrected chi connectivity index (χ3v) is 7.34. The standard InChI is InChI=1S/C25H23NO4S/c27-20-14-19(15-10-12-18(13-11-15)30-17-8-4-5-9-17)23-22(26-20)21(24(31-23)25(28)29)16-6-2-1-3-7-16/h1-3,6-7,10-13,17,19H,4-5,8-9,14H2,(H,26,27)(H,28,29)/t19-/m0/s1. The Kier molecular flexibility index (Phi) is 5.24. The normalized spacial score (nSPS) is 18.5. The number of thiophene rings is 1. The van der Waals surface area contributed by atoms with Crippen molar-refractivity contribution in [3.05, 3.63) is 69.9 Å². The van der Waals surface area contributed by atoms with Crippen molar-refractivity contribution in [2.75, 3.05) is 5.32 Å². The van der Waals surface area contributed by atoms with Crippen LogP contribution in [0.5, 0.6) is 5.75 Å². The van der Waals surface area contributed by atoms with E-state index in [4.69, 9.17) is 4.74 Å².